The van der Waals surface area contributed by atoms with Crippen molar-refractivity contribution in [1.82, 2.24) is 21.1 Å². The maximum absolute atomic E-state index is 12.9. The smallest absolute Gasteiger partial charge is 0.352 e. The van der Waals surface area contributed by atoms with Crippen LogP contribution < -0.4 is 16.2 Å². The molecule has 8 heteroatoms. The fourth-order valence-electron chi connectivity index (χ4n) is 5.68. The molecule has 3 unspecified atom stereocenters. The maximum atomic E-state index is 12.9. The molecule has 2 heterocycles. The van der Waals surface area contributed by atoms with Gasteiger partial charge in [-0.05, 0) is 61.0 Å². The first-order valence-electron chi connectivity index (χ1n) is 12.0. The van der Waals surface area contributed by atoms with Crippen molar-refractivity contribution in [3.63, 3.8) is 0 Å². The number of likely N-dealkylation sites (tertiary alicyclic amines) is 1. The Morgan fingerprint density at radius 1 is 1.09 bits per heavy atom. The fourth-order valence-corrected chi connectivity index (χ4v) is 5.68. The van der Waals surface area contributed by atoms with Gasteiger partial charge in [-0.2, -0.15) is 13.2 Å². The highest BCUT2D eigenvalue weighted by Gasteiger charge is 2.58. The summed E-state index contributed by atoms with van der Waals surface area (Å²) < 4.78 is 38.7. The summed E-state index contributed by atoms with van der Waals surface area (Å²) in [5, 5.41) is 2.87. The second-order valence-corrected chi connectivity index (χ2v) is 10.0. The summed E-state index contributed by atoms with van der Waals surface area (Å²) in [6.45, 7) is 4.04. The van der Waals surface area contributed by atoms with Crippen molar-refractivity contribution >= 4 is 5.91 Å². The number of rotatable bonds is 6. The molecule has 0 aromatic heterocycles. The first-order valence-corrected chi connectivity index (χ1v) is 12.0. The van der Waals surface area contributed by atoms with E-state index in [9.17, 15) is 18.0 Å². The first kappa shape index (κ1) is 23.3. The van der Waals surface area contributed by atoms with Gasteiger partial charge in [0.1, 0.15) is 0 Å². The van der Waals surface area contributed by atoms with E-state index >= 15 is 0 Å². The van der Waals surface area contributed by atoms with Gasteiger partial charge in [0, 0.05) is 31.5 Å². The molecule has 1 amide bonds. The number of hydrogen-bond acceptors (Lipinski definition) is 4. The van der Waals surface area contributed by atoms with Crippen LogP contribution in [0.25, 0.3) is 0 Å². The Balaban J connectivity index is 1.09. The maximum Gasteiger partial charge on any atom is 0.416 e. The molecule has 34 heavy (non-hydrogen) atoms. The van der Waals surface area contributed by atoms with E-state index < -0.39 is 11.7 Å². The van der Waals surface area contributed by atoms with Gasteiger partial charge in [-0.3, -0.25) is 10.2 Å². The van der Waals surface area contributed by atoms with Gasteiger partial charge < -0.3 is 10.2 Å². The van der Waals surface area contributed by atoms with Gasteiger partial charge in [-0.15, -0.1) is 0 Å². The SMILES string of the molecule is O=C(NCc1cccc(C(F)(F)F)c1)C1CC12CCN(CC1CNNC1c1ccccc1)CC2. The van der Waals surface area contributed by atoms with Crippen LogP contribution in [0.15, 0.2) is 54.6 Å². The lowest BCUT2D eigenvalue weighted by Crippen LogP contribution is -2.40. The number of halogens is 3. The van der Waals surface area contributed by atoms with E-state index in [0.717, 1.165) is 57.6 Å². The molecule has 2 aliphatic heterocycles. The van der Waals surface area contributed by atoms with Gasteiger partial charge in [-0.25, -0.2) is 5.43 Å². The third kappa shape index (κ3) is 4.99. The van der Waals surface area contributed by atoms with Crippen LogP contribution in [0.3, 0.4) is 0 Å². The number of carbonyl (C=O) groups is 1. The summed E-state index contributed by atoms with van der Waals surface area (Å²) >= 11 is 0. The third-order valence-corrected chi connectivity index (χ3v) is 7.82. The van der Waals surface area contributed by atoms with E-state index in [-0.39, 0.29) is 23.8 Å². The minimum absolute atomic E-state index is 0.0210. The normalized spacial score (nSPS) is 26.5. The number of alkyl halides is 3. The van der Waals surface area contributed by atoms with Crippen LogP contribution in [0.2, 0.25) is 0 Å². The van der Waals surface area contributed by atoms with Gasteiger partial charge in [0.2, 0.25) is 5.91 Å². The zero-order chi connectivity index (χ0) is 23.8. The lowest BCUT2D eigenvalue weighted by Gasteiger charge is -2.35. The van der Waals surface area contributed by atoms with Crippen LogP contribution in [0.4, 0.5) is 13.2 Å². The largest absolute Gasteiger partial charge is 0.416 e. The predicted molar refractivity (Wildman–Crippen MR) is 123 cm³/mol. The third-order valence-electron chi connectivity index (χ3n) is 7.82. The van der Waals surface area contributed by atoms with Crippen LogP contribution in [0.5, 0.6) is 0 Å². The highest BCUT2D eigenvalue weighted by atomic mass is 19.4. The van der Waals surface area contributed by atoms with Gasteiger partial charge in [0.25, 0.3) is 0 Å². The number of piperidine rings is 1. The van der Waals surface area contributed by atoms with Crippen LogP contribution >= 0.6 is 0 Å². The number of benzene rings is 2. The average molecular weight is 473 g/mol. The van der Waals surface area contributed by atoms with Crippen LogP contribution in [-0.2, 0) is 17.5 Å². The molecule has 0 radical (unpaired) electrons. The zero-order valence-electron chi connectivity index (χ0n) is 19.1. The predicted octanol–water partition coefficient (Wildman–Crippen LogP) is 3.89. The molecule has 2 saturated heterocycles. The van der Waals surface area contributed by atoms with Crippen molar-refractivity contribution in [2.45, 2.75) is 38.0 Å². The van der Waals surface area contributed by atoms with E-state index in [1.54, 1.807) is 6.07 Å². The molecule has 182 valence electrons. The molecule has 5 rings (SSSR count). The Labute approximate surface area is 198 Å². The summed E-state index contributed by atoms with van der Waals surface area (Å²) in [7, 11) is 0. The fraction of sp³-hybridized carbons (Fsp3) is 0.500. The molecule has 3 fully saturated rings. The molecular formula is C26H31F3N4O. The highest BCUT2D eigenvalue weighted by molar-refractivity contribution is 5.82. The van der Waals surface area contributed by atoms with Crippen LogP contribution in [0.1, 0.15) is 42.0 Å². The first-order chi connectivity index (χ1) is 16.3. The molecule has 1 spiro atoms. The standard InChI is InChI=1S/C26H31F3N4O/c27-26(28,29)21-8-4-5-18(13-21)15-30-24(34)22-14-25(22)9-11-33(12-10-25)17-20-16-31-32-23(20)19-6-2-1-3-7-19/h1-8,13,20,22-23,31-32H,9-12,14-17H2,(H,30,34). The van der Waals surface area contributed by atoms with E-state index in [0.29, 0.717) is 17.5 Å². The monoisotopic (exact) mass is 472 g/mol. The zero-order valence-corrected chi connectivity index (χ0v) is 19.1. The lowest BCUT2D eigenvalue weighted by atomic mass is 9.88. The summed E-state index contributed by atoms with van der Waals surface area (Å²) in [6.07, 6.45) is -1.49. The molecule has 3 N–H and O–H groups in total. The van der Waals surface area contributed by atoms with Crippen molar-refractivity contribution in [3.8, 4) is 0 Å². The molecule has 2 aromatic carbocycles. The second-order valence-electron chi connectivity index (χ2n) is 10.0. The second kappa shape index (κ2) is 9.32. The Hall–Kier alpha value is -2.42. The number of carbonyl (C=O) groups excluding carboxylic acids is 1. The topological polar surface area (TPSA) is 56.4 Å². The van der Waals surface area contributed by atoms with Gasteiger partial charge in [0.05, 0.1) is 11.6 Å². The molecule has 3 atom stereocenters. The van der Waals surface area contributed by atoms with E-state index in [2.05, 4.69) is 45.3 Å². The van der Waals surface area contributed by atoms with Gasteiger partial charge >= 0.3 is 6.18 Å². The van der Waals surface area contributed by atoms with E-state index in [1.807, 2.05) is 6.07 Å². The summed E-state index contributed by atoms with van der Waals surface area (Å²) in [5.74, 6) is 0.439. The Morgan fingerprint density at radius 3 is 2.59 bits per heavy atom. The van der Waals surface area contributed by atoms with Gasteiger partial charge in [-0.1, -0.05) is 42.5 Å². The van der Waals surface area contributed by atoms with Crippen molar-refractivity contribution in [2.24, 2.45) is 17.3 Å². The van der Waals surface area contributed by atoms with Gasteiger partial charge in [0.15, 0.2) is 0 Å². The number of hydrazine groups is 1. The number of hydrogen-bond donors (Lipinski definition) is 3. The number of nitrogens with zero attached hydrogens (tertiary/aromatic N) is 1. The Bertz CT molecular complexity index is 1000. The summed E-state index contributed by atoms with van der Waals surface area (Å²) in [6, 6.07) is 16.0. The summed E-state index contributed by atoms with van der Waals surface area (Å²) in [5.41, 5.74) is 7.87. The molecule has 5 nitrogen and oxygen atoms in total. The Morgan fingerprint density at radius 2 is 1.85 bits per heavy atom. The van der Waals surface area contributed by atoms with Crippen LogP contribution in [0, 0.1) is 17.3 Å². The minimum atomic E-state index is -4.37. The number of nitrogens with one attached hydrogen (secondary N) is 3. The highest BCUT2D eigenvalue weighted by Crippen LogP contribution is 2.59. The molecular weight excluding hydrogens is 441 g/mol. The van der Waals surface area contributed by atoms with E-state index in [1.165, 1.54) is 11.6 Å². The van der Waals surface area contributed by atoms with Crippen LogP contribution in [-0.4, -0.2) is 37.0 Å². The lowest BCUT2D eigenvalue weighted by molar-refractivity contribution is -0.137. The average Bonchev–Trinajstić information content (AvgIpc) is 3.34. The molecule has 1 aliphatic carbocycles. The van der Waals surface area contributed by atoms with Crippen molar-refractivity contribution in [1.29, 1.82) is 0 Å². The van der Waals surface area contributed by atoms with E-state index in [4.69, 9.17) is 0 Å². The number of amides is 1. The quantitative estimate of drug-likeness (QED) is 0.597. The van der Waals surface area contributed by atoms with Crippen molar-refractivity contribution < 1.29 is 18.0 Å². The Kier molecular flexibility index (Phi) is 6.39. The molecule has 0 bridgehead atoms. The molecule has 3 aliphatic rings. The summed E-state index contributed by atoms with van der Waals surface area (Å²) in [4.78, 5) is 15.2. The molecule has 1 saturated carbocycles. The van der Waals surface area contributed by atoms with Crippen molar-refractivity contribution in [3.05, 3.63) is 71.3 Å². The molecule has 2 aromatic rings. The minimum Gasteiger partial charge on any atom is -0.352 e. The van der Waals surface area contributed by atoms with Crippen molar-refractivity contribution in [2.75, 3.05) is 26.2 Å².